The molecule has 2 N–H and O–H groups in total. The molecule has 1 atom stereocenters. The number of carboxylic acids is 1. The normalized spacial score (nSPS) is 13.7. The molecule has 0 saturated carbocycles. The molecule has 7 heteroatoms. The third kappa shape index (κ3) is 3.07. The lowest BCUT2D eigenvalue weighted by Crippen LogP contribution is -2.31. The number of carboxylic acid groups (broad SMARTS) is 1. The molecular formula is C8H11NO5S. The van der Waals surface area contributed by atoms with E-state index < -0.39 is 21.9 Å². The van der Waals surface area contributed by atoms with Gasteiger partial charge in [-0.05, 0) is 12.1 Å². The molecule has 0 aliphatic carbocycles. The molecule has 15 heavy (non-hydrogen) atoms. The van der Waals surface area contributed by atoms with Crippen LogP contribution in [-0.2, 0) is 14.8 Å². The van der Waals surface area contributed by atoms with Crippen molar-refractivity contribution in [3.63, 3.8) is 0 Å². The van der Waals surface area contributed by atoms with E-state index in [-0.39, 0.29) is 11.6 Å². The fourth-order valence-electron chi connectivity index (χ4n) is 0.810. The van der Waals surface area contributed by atoms with Crippen molar-refractivity contribution in [2.24, 2.45) is 5.92 Å². The van der Waals surface area contributed by atoms with Crippen molar-refractivity contribution in [1.29, 1.82) is 0 Å². The van der Waals surface area contributed by atoms with Crippen LogP contribution in [-0.4, -0.2) is 26.0 Å². The van der Waals surface area contributed by atoms with Gasteiger partial charge in [0.15, 0.2) is 0 Å². The Labute approximate surface area is 87.0 Å². The Balaban J connectivity index is 2.63. The zero-order valence-corrected chi connectivity index (χ0v) is 8.82. The number of hydrogen-bond acceptors (Lipinski definition) is 4. The van der Waals surface area contributed by atoms with Crippen molar-refractivity contribution >= 4 is 16.0 Å². The van der Waals surface area contributed by atoms with Gasteiger partial charge in [0.2, 0.25) is 5.09 Å². The van der Waals surface area contributed by atoms with Crippen molar-refractivity contribution in [1.82, 2.24) is 4.72 Å². The zero-order chi connectivity index (χ0) is 11.5. The predicted octanol–water partition coefficient (Wildman–Crippen LogP) is 0.279. The molecule has 1 heterocycles. The van der Waals surface area contributed by atoms with Gasteiger partial charge in [-0.1, -0.05) is 6.92 Å². The van der Waals surface area contributed by atoms with Gasteiger partial charge in [-0.3, -0.25) is 4.79 Å². The summed E-state index contributed by atoms with van der Waals surface area (Å²) in [6.07, 6.45) is 1.23. The number of aliphatic carboxylic acids is 1. The van der Waals surface area contributed by atoms with Gasteiger partial charge in [-0.25, -0.2) is 13.1 Å². The molecule has 0 amide bonds. The molecule has 1 aromatic heterocycles. The molecule has 0 saturated heterocycles. The number of hydrogen-bond donors (Lipinski definition) is 2. The molecule has 0 aliphatic rings. The van der Waals surface area contributed by atoms with Gasteiger partial charge in [-0.2, -0.15) is 0 Å². The van der Waals surface area contributed by atoms with E-state index in [4.69, 9.17) is 9.52 Å². The van der Waals surface area contributed by atoms with Gasteiger partial charge in [0.05, 0.1) is 12.2 Å². The van der Waals surface area contributed by atoms with Crippen LogP contribution in [0.4, 0.5) is 0 Å². The van der Waals surface area contributed by atoms with Crippen molar-refractivity contribution < 1.29 is 22.7 Å². The SMILES string of the molecule is CC(CNS(=O)(=O)c1ccco1)C(=O)O. The Morgan fingerprint density at radius 3 is 2.80 bits per heavy atom. The van der Waals surface area contributed by atoms with Crippen LogP contribution in [0.25, 0.3) is 0 Å². The highest BCUT2D eigenvalue weighted by Crippen LogP contribution is 2.08. The summed E-state index contributed by atoms with van der Waals surface area (Å²) >= 11 is 0. The Kier molecular flexibility index (Phi) is 3.48. The quantitative estimate of drug-likeness (QED) is 0.761. The third-order valence-electron chi connectivity index (χ3n) is 1.76. The minimum atomic E-state index is -3.73. The second-order valence-electron chi connectivity index (χ2n) is 3.02. The summed E-state index contributed by atoms with van der Waals surface area (Å²) in [5.74, 6) is -1.84. The highest BCUT2D eigenvalue weighted by Gasteiger charge is 2.19. The number of sulfonamides is 1. The van der Waals surface area contributed by atoms with Crippen LogP contribution in [0.15, 0.2) is 27.9 Å². The first-order chi connectivity index (χ1) is 6.93. The van der Waals surface area contributed by atoms with Crippen molar-refractivity contribution in [2.75, 3.05) is 6.54 Å². The topological polar surface area (TPSA) is 96.6 Å². The molecule has 1 unspecified atom stereocenters. The second kappa shape index (κ2) is 4.45. The van der Waals surface area contributed by atoms with Gasteiger partial charge in [0.1, 0.15) is 0 Å². The lowest BCUT2D eigenvalue weighted by Gasteiger charge is -2.06. The van der Waals surface area contributed by atoms with Crippen LogP contribution < -0.4 is 4.72 Å². The number of nitrogens with one attached hydrogen (secondary N) is 1. The Hall–Kier alpha value is -1.34. The van der Waals surface area contributed by atoms with Crippen LogP contribution in [0.3, 0.4) is 0 Å². The van der Waals surface area contributed by atoms with Crippen LogP contribution in [0.5, 0.6) is 0 Å². The number of rotatable bonds is 5. The molecule has 1 aromatic rings. The van der Waals surface area contributed by atoms with E-state index in [1.54, 1.807) is 0 Å². The van der Waals surface area contributed by atoms with Crippen LogP contribution in [0.2, 0.25) is 0 Å². The summed E-state index contributed by atoms with van der Waals surface area (Å²) in [7, 11) is -3.73. The van der Waals surface area contributed by atoms with E-state index in [1.807, 2.05) is 0 Å². The minimum Gasteiger partial charge on any atom is -0.481 e. The second-order valence-corrected chi connectivity index (χ2v) is 4.72. The highest BCUT2D eigenvalue weighted by molar-refractivity contribution is 7.89. The first-order valence-corrected chi connectivity index (χ1v) is 5.68. The predicted molar refractivity (Wildman–Crippen MR) is 50.7 cm³/mol. The molecular weight excluding hydrogens is 222 g/mol. The summed E-state index contributed by atoms with van der Waals surface area (Å²) in [5, 5.41) is 8.33. The van der Waals surface area contributed by atoms with E-state index >= 15 is 0 Å². The molecule has 0 bridgehead atoms. The van der Waals surface area contributed by atoms with Crippen molar-refractivity contribution in [3.05, 3.63) is 18.4 Å². The Bertz CT molecular complexity index is 422. The van der Waals surface area contributed by atoms with E-state index in [9.17, 15) is 13.2 Å². The maximum absolute atomic E-state index is 11.4. The minimum absolute atomic E-state index is 0.168. The molecule has 0 aromatic carbocycles. The molecule has 1 rings (SSSR count). The molecule has 0 fully saturated rings. The molecule has 84 valence electrons. The van der Waals surface area contributed by atoms with Gasteiger partial charge < -0.3 is 9.52 Å². The van der Waals surface area contributed by atoms with Gasteiger partial charge >= 0.3 is 5.97 Å². The fourth-order valence-corrected chi connectivity index (χ4v) is 1.86. The maximum Gasteiger partial charge on any atom is 0.307 e. The van der Waals surface area contributed by atoms with Gasteiger partial charge in [-0.15, -0.1) is 0 Å². The number of furan rings is 1. The summed E-state index contributed by atoms with van der Waals surface area (Å²) in [4.78, 5) is 10.4. The number of carbonyl (C=O) groups is 1. The summed E-state index contributed by atoms with van der Waals surface area (Å²) in [6, 6.07) is 2.73. The smallest absolute Gasteiger partial charge is 0.307 e. The molecule has 0 radical (unpaired) electrons. The first-order valence-electron chi connectivity index (χ1n) is 4.19. The zero-order valence-electron chi connectivity index (χ0n) is 8.00. The maximum atomic E-state index is 11.4. The average Bonchev–Trinajstić information content (AvgIpc) is 2.67. The molecule has 0 aliphatic heterocycles. The largest absolute Gasteiger partial charge is 0.481 e. The summed E-state index contributed by atoms with van der Waals surface area (Å²) in [6.45, 7) is 1.24. The summed E-state index contributed by atoms with van der Waals surface area (Å²) in [5.41, 5.74) is 0. The summed E-state index contributed by atoms with van der Waals surface area (Å²) < 4.78 is 29.7. The van der Waals surface area contributed by atoms with E-state index in [0.717, 1.165) is 0 Å². The van der Waals surface area contributed by atoms with E-state index in [0.29, 0.717) is 0 Å². The monoisotopic (exact) mass is 233 g/mol. The van der Waals surface area contributed by atoms with Crippen LogP contribution in [0, 0.1) is 5.92 Å². The van der Waals surface area contributed by atoms with Crippen molar-refractivity contribution in [3.8, 4) is 0 Å². The van der Waals surface area contributed by atoms with Crippen LogP contribution >= 0.6 is 0 Å². The Morgan fingerprint density at radius 2 is 2.33 bits per heavy atom. The highest BCUT2D eigenvalue weighted by atomic mass is 32.2. The lowest BCUT2D eigenvalue weighted by atomic mass is 10.2. The van der Waals surface area contributed by atoms with E-state index in [1.165, 1.54) is 25.3 Å². The van der Waals surface area contributed by atoms with Crippen LogP contribution in [0.1, 0.15) is 6.92 Å². The van der Waals surface area contributed by atoms with E-state index in [2.05, 4.69) is 4.72 Å². The standard InChI is InChI=1S/C8H11NO5S/c1-6(8(10)11)5-9-15(12,13)7-3-2-4-14-7/h2-4,6,9H,5H2,1H3,(H,10,11). The van der Waals surface area contributed by atoms with Gasteiger partial charge in [0, 0.05) is 6.54 Å². The first kappa shape index (κ1) is 11.7. The van der Waals surface area contributed by atoms with Crippen molar-refractivity contribution in [2.45, 2.75) is 12.0 Å². The average molecular weight is 233 g/mol. The Morgan fingerprint density at radius 1 is 1.67 bits per heavy atom. The van der Waals surface area contributed by atoms with Gasteiger partial charge in [0.25, 0.3) is 10.0 Å². The molecule has 6 nitrogen and oxygen atoms in total. The third-order valence-corrected chi connectivity index (χ3v) is 3.07. The molecule has 0 spiro atoms. The lowest BCUT2D eigenvalue weighted by molar-refractivity contribution is -0.140. The fraction of sp³-hybridized carbons (Fsp3) is 0.375.